The highest BCUT2D eigenvalue weighted by Crippen LogP contribution is 2.38. The fourth-order valence-corrected chi connectivity index (χ4v) is 6.23. The maximum Gasteiger partial charge on any atom is 0.338 e. The number of esters is 1. The Labute approximate surface area is 315 Å². The first-order chi connectivity index (χ1) is 26.5. The van der Waals surface area contributed by atoms with Crippen molar-refractivity contribution in [3.8, 4) is 0 Å². The molecular formula is C45H43N7O2. The second-order valence-electron chi connectivity index (χ2n) is 13.2. The summed E-state index contributed by atoms with van der Waals surface area (Å²) in [6, 6.07) is 43.9. The van der Waals surface area contributed by atoms with Gasteiger partial charge in [-0.3, -0.25) is 0 Å². The molecule has 0 heterocycles. The van der Waals surface area contributed by atoms with E-state index in [1.807, 2.05) is 60.7 Å². The second kappa shape index (κ2) is 16.8. The summed E-state index contributed by atoms with van der Waals surface area (Å²) in [6.07, 6.45) is 2.86. The number of ether oxygens (including phenoxy) is 1. The zero-order valence-electron chi connectivity index (χ0n) is 30.7. The van der Waals surface area contributed by atoms with Gasteiger partial charge in [0.2, 0.25) is 0 Å². The van der Waals surface area contributed by atoms with Gasteiger partial charge in [-0.15, -0.1) is 15.3 Å². The average Bonchev–Trinajstić information content (AvgIpc) is 3.22. The lowest BCUT2D eigenvalue weighted by Crippen LogP contribution is -2.14. The van der Waals surface area contributed by atoms with Gasteiger partial charge >= 0.3 is 5.97 Å². The van der Waals surface area contributed by atoms with Crippen LogP contribution in [0.15, 0.2) is 154 Å². The summed E-state index contributed by atoms with van der Waals surface area (Å²) in [5.41, 5.74) is 13.3. The molecule has 0 amide bonds. The van der Waals surface area contributed by atoms with Gasteiger partial charge in [-0.25, -0.2) is 4.79 Å². The quantitative estimate of drug-likeness (QED) is 0.0449. The van der Waals surface area contributed by atoms with Crippen molar-refractivity contribution in [1.82, 2.24) is 0 Å². The van der Waals surface area contributed by atoms with Gasteiger partial charge in [0.05, 0.1) is 46.3 Å². The van der Waals surface area contributed by atoms with Crippen LogP contribution >= 0.6 is 0 Å². The number of carbonyl (C=O) groups excluding carboxylic acids is 1. The molecule has 0 radical (unpaired) electrons. The SMILES string of the molecule is CCCCOC(=O)c1ccc(N=Nc2ccc(N=Nc3ccc(NNc4ccc(NC(C)CC)c5ccccc45)c4ccccc34)c3ccccc23)cc1. The van der Waals surface area contributed by atoms with Crippen molar-refractivity contribution in [2.45, 2.75) is 46.1 Å². The number of azo groups is 2. The number of anilines is 3. The van der Waals surface area contributed by atoms with Crippen LogP contribution in [0.5, 0.6) is 0 Å². The molecule has 54 heavy (non-hydrogen) atoms. The van der Waals surface area contributed by atoms with Crippen molar-refractivity contribution in [2.75, 3.05) is 22.8 Å². The molecule has 1 unspecified atom stereocenters. The summed E-state index contributed by atoms with van der Waals surface area (Å²) in [6.45, 7) is 6.86. The van der Waals surface area contributed by atoms with Crippen molar-refractivity contribution in [3.05, 3.63) is 139 Å². The molecule has 7 aromatic rings. The third-order valence-electron chi connectivity index (χ3n) is 9.42. The molecule has 0 aromatic heterocycles. The molecule has 270 valence electrons. The summed E-state index contributed by atoms with van der Waals surface area (Å²) >= 11 is 0. The summed E-state index contributed by atoms with van der Waals surface area (Å²) in [4.78, 5) is 12.3. The van der Waals surface area contributed by atoms with Crippen LogP contribution in [0.2, 0.25) is 0 Å². The summed E-state index contributed by atoms with van der Waals surface area (Å²) in [5.74, 6) is -0.332. The van der Waals surface area contributed by atoms with Crippen LogP contribution in [0, 0.1) is 0 Å². The molecule has 9 heteroatoms. The number of fused-ring (bicyclic) bond motifs is 3. The number of hydrogen-bond donors (Lipinski definition) is 3. The van der Waals surface area contributed by atoms with Gasteiger partial charge in [-0.1, -0.05) is 93.1 Å². The van der Waals surface area contributed by atoms with Gasteiger partial charge in [-0.05, 0) is 80.4 Å². The van der Waals surface area contributed by atoms with Gasteiger partial charge in [0.15, 0.2) is 0 Å². The number of hydrazine groups is 1. The highest BCUT2D eigenvalue weighted by molar-refractivity contribution is 6.04. The van der Waals surface area contributed by atoms with Gasteiger partial charge < -0.3 is 20.9 Å². The van der Waals surface area contributed by atoms with Crippen LogP contribution in [0.3, 0.4) is 0 Å². The van der Waals surface area contributed by atoms with E-state index in [1.54, 1.807) is 24.3 Å². The Morgan fingerprint density at radius 2 is 1.00 bits per heavy atom. The van der Waals surface area contributed by atoms with Crippen LogP contribution in [0.4, 0.5) is 39.8 Å². The van der Waals surface area contributed by atoms with E-state index in [-0.39, 0.29) is 5.97 Å². The Kier molecular flexibility index (Phi) is 11.1. The number of benzene rings is 7. The first-order valence-corrected chi connectivity index (χ1v) is 18.5. The largest absolute Gasteiger partial charge is 0.462 e. The molecule has 0 aliphatic carbocycles. The molecule has 0 saturated heterocycles. The van der Waals surface area contributed by atoms with E-state index in [4.69, 9.17) is 15.0 Å². The van der Waals surface area contributed by atoms with Gasteiger partial charge in [0, 0.05) is 44.0 Å². The van der Waals surface area contributed by atoms with E-state index in [0.29, 0.717) is 29.6 Å². The number of rotatable bonds is 14. The summed E-state index contributed by atoms with van der Waals surface area (Å²) in [7, 11) is 0. The molecule has 0 fully saturated rings. The lowest BCUT2D eigenvalue weighted by Gasteiger charge is -2.19. The van der Waals surface area contributed by atoms with Crippen molar-refractivity contribution in [1.29, 1.82) is 0 Å². The molecular weight excluding hydrogens is 671 g/mol. The van der Waals surface area contributed by atoms with Crippen molar-refractivity contribution in [2.24, 2.45) is 20.5 Å². The molecule has 7 rings (SSSR count). The van der Waals surface area contributed by atoms with E-state index in [9.17, 15) is 4.79 Å². The second-order valence-corrected chi connectivity index (χ2v) is 13.2. The number of unbranched alkanes of at least 4 members (excludes halogenated alkanes) is 1. The van der Waals surface area contributed by atoms with Gasteiger partial charge in [0.25, 0.3) is 0 Å². The number of nitrogens with zero attached hydrogens (tertiary/aromatic N) is 4. The van der Waals surface area contributed by atoms with E-state index in [1.165, 1.54) is 5.39 Å². The fraction of sp³-hybridized carbons (Fsp3) is 0.178. The average molecular weight is 714 g/mol. The number of carbonyl (C=O) groups is 1. The van der Waals surface area contributed by atoms with Crippen LogP contribution in [-0.2, 0) is 4.74 Å². The zero-order valence-corrected chi connectivity index (χ0v) is 30.7. The standard InChI is InChI=1S/C45H43N7O2/c1-4-6-29-54-45(53)31-19-21-32(22-20-31)47-48-40-25-26-42(36-16-10-9-15-35(36)40)51-52-44-28-27-43(37-17-11-12-18-38(37)44)50-49-41-24-23-39(46-30(3)5-2)33-13-7-8-14-34(33)41/h7-28,30,46,49-50H,4-6,29H2,1-3H3. The molecule has 9 nitrogen and oxygen atoms in total. The molecule has 0 bridgehead atoms. The first-order valence-electron chi connectivity index (χ1n) is 18.5. The van der Waals surface area contributed by atoms with Crippen molar-refractivity contribution >= 4 is 78.1 Å². The lowest BCUT2D eigenvalue weighted by atomic mass is 10.1. The number of hydrogen-bond acceptors (Lipinski definition) is 9. The van der Waals surface area contributed by atoms with E-state index >= 15 is 0 Å². The maximum atomic E-state index is 12.3. The normalized spacial score (nSPS) is 12.1. The van der Waals surface area contributed by atoms with Crippen LogP contribution in [-0.4, -0.2) is 18.6 Å². The predicted octanol–water partition coefficient (Wildman–Crippen LogP) is 13.6. The van der Waals surface area contributed by atoms with Gasteiger partial charge in [0.1, 0.15) is 0 Å². The molecule has 0 aliphatic rings. The van der Waals surface area contributed by atoms with E-state index in [2.05, 4.69) is 95.7 Å². The minimum absolute atomic E-state index is 0.332. The number of nitrogens with one attached hydrogen (secondary N) is 3. The Morgan fingerprint density at radius 3 is 1.56 bits per heavy atom. The monoisotopic (exact) mass is 713 g/mol. The summed E-state index contributed by atoms with van der Waals surface area (Å²) in [5, 5.41) is 28.2. The van der Waals surface area contributed by atoms with Crippen molar-refractivity contribution < 1.29 is 9.53 Å². The third kappa shape index (κ3) is 8.05. The predicted molar refractivity (Wildman–Crippen MR) is 222 cm³/mol. The fourth-order valence-electron chi connectivity index (χ4n) is 6.23. The highest BCUT2D eigenvalue weighted by atomic mass is 16.5. The minimum Gasteiger partial charge on any atom is -0.462 e. The zero-order chi connectivity index (χ0) is 37.3. The van der Waals surface area contributed by atoms with Crippen LogP contribution in [0.25, 0.3) is 32.3 Å². The third-order valence-corrected chi connectivity index (χ3v) is 9.42. The first kappa shape index (κ1) is 35.8. The van der Waals surface area contributed by atoms with E-state index in [0.717, 1.165) is 74.6 Å². The molecule has 7 aromatic carbocycles. The molecule has 0 saturated carbocycles. The smallest absolute Gasteiger partial charge is 0.338 e. The van der Waals surface area contributed by atoms with Gasteiger partial charge in [-0.2, -0.15) is 5.11 Å². The van der Waals surface area contributed by atoms with E-state index < -0.39 is 0 Å². The minimum atomic E-state index is -0.332. The molecule has 1 atom stereocenters. The topological polar surface area (TPSA) is 112 Å². The lowest BCUT2D eigenvalue weighted by molar-refractivity contribution is 0.0499. The Morgan fingerprint density at radius 1 is 0.556 bits per heavy atom. The summed E-state index contributed by atoms with van der Waals surface area (Å²) < 4.78 is 5.31. The van der Waals surface area contributed by atoms with Crippen molar-refractivity contribution in [3.63, 3.8) is 0 Å². The highest BCUT2D eigenvalue weighted by Gasteiger charge is 2.11. The van der Waals surface area contributed by atoms with Crippen LogP contribution in [0.1, 0.15) is 50.4 Å². The Hall–Kier alpha value is -6.61. The Balaban J connectivity index is 1.10. The molecule has 3 N–H and O–H groups in total. The molecule has 0 aliphatic heterocycles. The van der Waals surface area contributed by atoms with Crippen LogP contribution < -0.4 is 16.2 Å². The maximum absolute atomic E-state index is 12.3. The Bertz CT molecular complexity index is 2480. The molecule has 0 spiro atoms.